The van der Waals surface area contributed by atoms with Gasteiger partial charge in [-0.3, -0.25) is 4.79 Å². The third kappa shape index (κ3) is 4.64. The zero-order valence-corrected chi connectivity index (χ0v) is 25.0. The number of benzene rings is 2. The number of carbonyl (C=O) groups excluding carboxylic acids is 1. The first-order valence-electron chi connectivity index (χ1n) is 13.1. The number of hydrogen-bond acceptors (Lipinski definition) is 6. The van der Waals surface area contributed by atoms with Gasteiger partial charge < -0.3 is 14.2 Å². The molecule has 3 heterocycles. The van der Waals surface area contributed by atoms with Gasteiger partial charge in [-0.05, 0) is 76.9 Å². The maximum Gasteiger partial charge on any atom is 0.496 e. The molecule has 0 atom stereocenters. The van der Waals surface area contributed by atoms with Gasteiger partial charge in [0.2, 0.25) is 0 Å². The highest BCUT2D eigenvalue weighted by Gasteiger charge is 2.52. The predicted molar refractivity (Wildman–Crippen MR) is 157 cm³/mol. The van der Waals surface area contributed by atoms with Gasteiger partial charge >= 0.3 is 7.12 Å². The Labute approximate surface area is 236 Å². The van der Waals surface area contributed by atoms with E-state index in [1.807, 2.05) is 59.7 Å². The van der Waals surface area contributed by atoms with Crippen LogP contribution in [0, 0.1) is 13.8 Å². The first kappa shape index (κ1) is 28.1. The third-order valence-corrected chi connectivity index (χ3v) is 9.57. The van der Waals surface area contributed by atoms with Gasteiger partial charge in [0.15, 0.2) is 5.65 Å². The van der Waals surface area contributed by atoms with Gasteiger partial charge in [0, 0.05) is 48.5 Å². The first-order valence-corrected chi connectivity index (χ1v) is 14.6. The molecule has 1 amide bonds. The molecule has 0 bridgehead atoms. The van der Waals surface area contributed by atoms with Crippen LogP contribution in [0.1, 0.15) is 49.2 Å². The summed E-state index contributed by atoms with van der Waals surface area (Å²) in [5, 5.41) is 0.633. The molecule has 0 N–H and O–H groups in total. The van der Waals surface area contributed by atoms with E-state index >= 15 is 0 Å². The SMILES string of the molecule is Cc1ccc(S(=O)(=O)n2cc(-c3ccc(C(=O)N(C)C)c(C)c3)c3cc(B4OC(C)(C)C(C)(C)O4)cnc32)cc1. The zero-order valence-electron chi connectivity index (χ0n) is 24.1. The van der Waals surface area contributed by atoms with Crippen LogP contribution >= 0.6 is 0 Å². The quantitative estimate of drug-likeness (QED) is 0.333. The maximum absolute atomic E-state index is 13.8. The molecule has 208 valence electrons. The molecule has 0 aliphatic carbocycles. The van der Waals surface area contributed by atoms with Gasteiger partial charge in [-0.15, -0.1) is 0 Å². The first-order chi connectivity index (χ1) is 18.6. The van der Waals surface area contributed by atoms with E-state index in [4.69, 9.17) is 9.31 Å². The van der Waals surface area contributed by atoms with Gasteiger partial charge in [0.1, 0.15) is 0 Å². The molecule has 1 aliphatic heterocycles. The zero-order chi connectivity index (χ0) is 29.2. The number of fused-ring (bicyclic) bond motifs is 1. The second-order valence-corrected chi connectivity index (χ2v) is 13.4. The van der Waals surface area contributed by atoms with Crippen molar-refractivity contribution in [1.29, 1.82) is 0 Å². The van der Waals surface area contributed by atoms with Crippen LogP contribution < -0.4 is 5.46 Å². The average Bonchev–Trinajstić information content (AvgIpc) is 3.37. The fourth-order valence-corrected chi connectivity index (χ4v) is 6.08. The van der Waals surface area contributed by atoms with Gasteiger partial charge in [0.05, 0.1) is 16.1 Å². The number of hydrogen-bond donors (Lipinski definition) is 0. The summed E-state index contributed by atoms with van der Waals surface area (Å²) in [5.41, 5.74) is 3.67. The Hall–Kier alpha value is -3.47. The summed E-state index contributed by atoms with van der Waals surface area (Å²) in [4.78, 5) is 19.0. The molecule has 1 aliphatic rings. The van der Waals surface area contributed by atoms with E-state index < -0.39 is 28.3 Å². The molecular weight excluding hydrogens is 525 g/mol. The molecule has 40 heavy (non-hydrogen) atoms. The number of aromatic nitrogens is 2. The minimum Gasteiger partial charge on any atom is -0.399 e. The van der Waals surface area contributed by atoms with Crippen LogP contribution in [0.3, 0.4) is 0 Å². The number of carbonyl (C=O) groups is 1. The van der Waals surface area contributed by atoms with Crippen molar-refractivity contribution in [1.82, 2.24) is 13.9 Å². The molecule has 0 unspecified atom stereocenters. The molecular formula is C30H34BN3O5S. The van der Waals surface area contributed by atoms with Gasteiger partial charge in [-0.2, -0.15) is 0 Å². The van der Waals surface area contributed by atoms with Crippen LogP contribution in [0.5, 0.6) is 0 Å². The van der Waals surface area contributed by atoms with Crippen LogP contribution in [0.15, 0.2) is 65.8 Å². The van der Waals surface area contributed by atoms with Gasteiger partial charge in [-0.1, -0.05) is 29.8 Å². The topological polar surface area (TPSA) is 90.7 Å². The fourth-order valence-electron chi connectivity index (χ4n) is 4.75. The van der Waals surface area contributed by atoms with E-state index in [1.54, 1.807) is 56.8 Å². The van der Waals surface area contributed by atoms with Gasteiger partial charge in [-0.25, -0.2) is 17.4 Å². The van der Waals surface area contributed by atoms with E-state index in [1.165, 1.54) is 8.87 Å². The molecule has 0 spiro atoms. The lowest BCUT2D eigenvalue weighted by Gasteiger charge is -2.32. The van der Waals surface area contributed by atoms with Crippen molar-refractivity contribution in [3.63, 3.8) is 0 Å². The summed E-state index contributed by atoms with van der Waals surface area (Å²) >= 11 is 0. The summed E-state index contributed by atoms with van der Waals surface area (Å²) in [5.74, 6) is -0.0989. The van der Waals surface area contributed by atoms with Crippen LogP contribution in [-0.4, -0.2) is 60.6 Å². The van der Waals surface area contributed by atoms with Crippen molar-refractivity contribution in [3.8, 4) is 11.1 Å². The summed E-state index contributed by atoms with van der Waals surface area (Å²) in [6.45, 7) is 11.7. The van der Waals surface area contributed by atoms with E-state index in [9.17, 15) is 13.2 Å². The van der Waals surface area contributed by atoms with Crippen LogP contribution in [0.2, 0.25) is 0 Å². The lowest BCUT2D eigenvalue weighted by Crippen LogP contribution is -2.41. The van der Waals surface area contributed by atoms with Crippen molar-refractivity contribution in [2.24, 2.45) is 0 Å². The fraction of sp³-hybridized carbons (Fsp3) is 0.333. The van der Waals surface area contributed by atoms with Crippen molar-refractivity contribution in [2.75, 3.05) is 14.1 Å². The number of rotatable bonds is 5. The van der Waals surface area contributed by atoms with E-state index in [0.717, 1.165) is 16.7 Å². The molecule has 0 radical (unpaired) electrons. The lowest BCUT2D eigenvalue weighted by atomic mass is 9.79. The van der Waals surface area contributed by atoms with Crippen LogP contribution in [-0.2, 0) is 19.3 Å². The Kier molecular flexibility index (Phi) is 6.72. The predicted octanol–water partition coefficient (Wildman–Crippen LogP) is 4.56. The molecule has 0 saturated carbocycles. The highest BCUT2D eigenvalue weighted by atomic mass is 32.2. The third-order valence-electron chi connectivity index (χ3n) is 7.91. The van der Waals surface area contributed by atoms with Crippen LogP contribution in [0.4, 0.5) is 0 Å². The molecule has 5 rings (SSSR count). The molecule has 1 saturated heterocycles. The molecule has 4 aromatic rings. The van der Waals surface area contributed by atoms with E-state index in [2.05, 4.69) is 4.98 Å². The van der Waals surface area contributed by atoms with Crippen molar-refractivity contribution < 1.29 is 22.5 Å². The number of pyridine rings is 1. The van der Waals surface area contributed by atoms with Crippen molar-refractivity contribution in [3.05, 3.63) is 77.6 Å². The number of aryl methyl sites for hydroxylation is 2. The lowest BCUT2D eigenvalue weighted by molar-refractivity contribution is 0.00578. The summed E-state index contributed by atoms with van der Waals surface area (Å²) < 4.78 is 41.4. The molecule has 2 aromatic heterocycles. The Balaban J connectivity index is 1.70. The van der Waals surface area contributed by atoms with Crippen LogP contribution in [0.25, 0.3) is 22.2 Å². The molecule has 8 nitrogen and oxygen atoms in total. The van der Waals surface area contributed by atoms with E-state index in [0.29, 0.717) is 27.6 Å². The second-order valence-electron chi connectivity index (χ2n) is 11.6. The van der Waals surface area contributed by atoms with Gasteiger partial charge in [0.25, 0.3) is 15.9 Å². The Morgan fingerprint density at radius 3 is 2.15 bits per heavy atom. The summed E-state index contributed by atoms with van der Waals surface area (Å²) in [7, 11) is -1.19. The number of nitrogens with zero attached hydrogens (tertiary/aromatic N) is 3. The summed E-state index contributed by atoms with van der Waals surface area (Å²) in [6.07, 6.45) is 3.21. The normalized spacial score (nSPS) is 16.4. The van der Waals surface area contributed by atoms with Crippen molar-refractivity contribution in [2.45, 2.75) is 57.6 Å². The van der Waals surface area contributed by atoms with Crippen molar-refractivity contribution >= 4 is 39.5 Å². The Morgan fingerprint density at radius 2 is 1.57 bits per heavy atom. The number of amides is 1. The highest BCUT2D eigenvalue weighted by Crippen LogP contribution is 2.38. The summed E-state index contributed by atoms with van der Waals surface area (Å²) in [6, 6.07) is 14.1. The molecule has 2 aromatic carbocycles. The monoisotopic (exact) mass is 559 g/mol. The Bertz CT molecular complexity index is 1730. The van der Waals surface area contributed by atoms with E-state index in [-0.39, 0.29) is 10.8 Å². The average molecular weight is 559 g/mol. The molecule has 10 heteroatoms. The molecule has 1 fully saturated rings. The highest BCUT2D eigenvalue weighted by molar-refractivity contribution is 7.90. The largest absolute Gasteiger partial charge is 0.496 e. The Morgan fingerprint density at radius 1 is 0.950 bits per heavy atom. The minimum atomic E-state index is -3.95. The smallest absolute Gasteiger partial charge is 0.399 e. The minimum absolute atomic E-state index is 0.0989. The maximum atomic E-state index is 13.8. The standard InChI is InChI=1S/C30H34BN3O5S/c1-19-9-12-23(13-10-19)40(36,37)34-18-26(21-11-14-24(20(2)15-21)28(35)33(7)8)25-16-22(17-32-27(25)34)31-38-29(3,4)30(5,6)39-31/h9-18H,1-8H3. The second kappa shape index (κ2) is 9.57.